The molecule has 3 N–H and O–H groups in total. The number of nitrogens with one attached hydrogen (secondary N) is 3. The van der Waals surface area contributed by atoms with E-state index >= 15 is 0 Å². The molecule has 3 aromatic rings. The molecule has 1 fully saturated rings. The third-order valence-electron chi connectivity index (χ3n) is 4.06. The zero-order valence-electron chi connectivity index (χ0n) is 14.3. The maximum atomic E-state index is 12.6. The molecule has 1 saturated carbocycles. The number of hydrogen-bond acceptors (Lipinski definition) is 5. The van der Waals surface area contributed by atoms with E-state index in [1.807, 2.05) is 0 Å². The van der Waals surface area contributed by atoms with Crippen LogP contribution in [0.4, 0.5) is 16.2 Å². The molecule has 0 spiro atoms. The van der Waals surface area contributed by atoms with Crippen molar-refractivity contribution >= 4 is 23.3 Å². The zero-order chi connectivity index (χ0) is 18.6. The second kappa shape index (κ2) is 7.24. The summed E-state index contributed by atoms with van der Waals surface area (Å²) in [6.45, 7) is 0. The fourth-order valence-electron chi connectivity index (χ4n) is 2.55. The van der Waals surface area contributed by atoms with E-state index in [4.69, 9.17) is 0 Å². The number of carbonyl (C=O) groups excluding carboxylic acids is 2. The van der Waals surface area contributed by atoms with Gasteiger partial charge in [0.2, 0.25) is 0 Å². The second-order valence-electron chi connectivity index (χ2n) is 6.18. The lowest BCUT2D eigenvalue weighted by molar-refractivity contribution is 0.102. The van der Waals surface area contributed by atoms with Crippen LogP contribution in [0.25, 0.3) is 5.69 Å². The van der Waals surface area contributed by atoms with Gasteiger partial charge in [0.25, 0.3) is 5.91 Å². The van der Waals surface area contributed by atoms with Crippen LogP contribution < -0.4 is 16.0 Å². The van der Waals surface area contributed by atoms with Crippen LogP contribution in [0.5, 0.6) is 0 Å². The molecule has 1 aromatic heterocycles. The predicted molar refractivity (Wildman–Crippen MR) is 98.7 cm³/mol. The molecule has 0 radical (unpaired) electrons. The molecule has 0 unspecified atom stereocenters. The Balaban J connectivity index is 1.43. The van der Waals surface area contributed by atoms with Gasteiger partial charge in [-0.25, -0.2) is 4.79 Å². The topological polar surface area (TPSA) is 114 Å². The number of anilines is 2. The molecule has 4 rings (SSSR count). The highest BCUT2D eigenvalue weighted by atomic mass is 16.2. The third-order valence-corrected chi connectivity index (χ3v) is 4.06. The van der Waals surface area contributed by atoms with Crippen LogP contribution >= 0.6 is 0 Å². The van der Waals surface area contributed by atoms with Crippen molar-refractivity contribution in [2.45, 2.75) is 18.9 Å². The first-order valence-electron chi connectivity index (χ1n) is 8.50. The zero-order valence-corrected chi connectivity index (χ0v) is 14.3. The Morgan fingerprint density at radius 1 is 0.963 bits per heavy atom. The first kappa shape index (κ1) is 16.7. The minimum absolute atomic E-state index is 0.218. The highest BCUT2D eigenvalue weighted by Crippen LogP contribution is 2.20. The van der Waals surface area contributed by atoms with Crippen LogP contribution in [0.3, 0.4) is 0 Å². The van der Waals surface area contributed by atoms with Gasteiger partial charge >= 0.3 is 6.03 Å². The Labute approximate surface area is 154 Å². The van der Waals surface area contributed by atoms with E-state index in [0.717, 1.165) is 12.8 Å². The van der Waals surface area contributed by atoms with Gasteiger partial charge in [-0.15, -0.1) is 5.10 Å². The molecule has 0 bridgehead atoms. The first-order chi connectivity index (χ1) is 13.2. The quantitative estimate of drug-likeness (QED) is 0.643. The Hall–Kier alpha value is -3.75. The van der Waals surface area contributed by atoms with Crippen LogP contribution in [0.15, 0.2) is 54.9 Å². The lowest BCUT2D eigenvalue weighted by Crippen LogP contribution is -2.30. The number of tetrazole rings is 1. The molecule has 1 aliphatic rings. The summed E-state index contributed by atoms with van der Waals surface area (Å²) in [5.74, 6) is -0.284. The van der Waals surface area contributed by atoms with E-state index in [1.165, 1.54) is 11.0 Å². The molecule has 0 aliphatic heterocycles. The fourth-order valence-corrected chi connectivity index (χ4v) is 2.55. The number of hydrogen-bond donors (Lipinski definition) is 3. The van der Waals surface area contributed by atoms with Gasteiger partial charge in [-0.1, -0.05) is 12.1 Å². The molecule has 27 heavy (non-hydrogen) atoms. The summed E-state index contributed by atoms with van der Waals surface area (Å²) >= 11 is 0. The van der Waals surface area contributed by atoms with E-state index < -0.39 is 0 Å². The van der Waals surface area contributed by atoms with E-state index in [2.05, 4.69) is 31.5 Å². The maximum Gasteiger partial charge on any atom is 0.319 e. The number of benzene rings is 2. The normalized spacial score (nSPS) is 13.0. The van der Waals surface area contributed by atoms with E-state index in [-0.39, 0.29) is 11.9 Å². The molecular formula is C18H17N7O2. The van der Waals surface area contributed by atoms with Crippen LogP contribution in [0.1, 0.15) is 23.2 Å². The molecule has 1 heterocycles. The van der Waals surface area contributed by atoms with Crippen molar-refractivity contribution in [3.05, 3.63) is 60.4 Å². The van der Waals surface area contributed by atoms with Crippen LogP contribution in [-0.2, 0) is 0 Å². The number of nitrogens with zero attached hydrogens (tertiary/aromatic N) is 4. The Morgan fingerprint density at radius 3 is 2.33 bits per heavy atom. The van der Waals surface area contributed by atoms with Gasteiger partial charge in [-0.2, -0.15) is 4.68 Å². The van der Waals surface area contributed by atoms with Crippen molar-refractivity contribution in [2.75, 3.05) is 10.6 Å². The molecule has 9 nitrogen and oxygen atoms in total. The lowest BCUT2D eigenvalue weighted by atomic mass is 10.1. The number of carbonyl (C=O) groups is 2. The lowest BCUT2D eigenvalue weighted by Gasteiger charge is -2.10. The van der Waals surface area contributed by atoms with Gasteiger partial charge in [0.1, 0.15) is 6.33 Å². The molecule has 9 heteroatoms. The van der Waals surface area contributed by atoms with Crippen molar-refractivity contribution < 1.29 is 9.59 Å². The molecule has 2 aromatic carbocycles. The number of aromatic nitrogens is 4. The highest BCUT2D eigenvalue weighted by molar-refractivity contribution is 6.06. The minimum Gasteiger partial charge on any atom is -0.335 e. The van der Waals surface area contributed by atoms with Gasteiger partial charge in [-0.3, -0.25) is 4.79 Å². The molecule has 136 valence electrons. The number of rotatable bonds is 5. The second-order valence-corrected chi connectivity index (χ2v) is 6.18. The summed E-state index contributed by atoms with van der Waals surface area (Å²) in [6.07, 6.45) is 3.49. The van der Waals surface area contributed by atoms with E-state index in [1.54, 1.807) is 48.5 Å². The van der Waals surface area contributed by atoms with Crippen molar-refractivity contribution in [3.63, 3.8) is 0 Å². The summed E-state index contributed by atoms with van der Waals surface area (Å²) in [5, 5.41) is 19.5. The monoisotopic (exact) mass is 363 g/mol. The van der Waals surface area contributed by atoms with Crippen molar-refractivity contribution in [3.8, 4) is 5.69 Å². The van der Waals surface area contributed by atoms with Gasteiger partial charge in [0.05, 0.1) is 11.3 Å². The van der Waals surface area contributed by atoms with Crippen LogP contribution in [-0.4, -0.2) is 38.2 Å². The molecule has 0 atom stereocenters. The van der Waals surface area contributed by atoms with Gasteiger partial charge < -0.3 is 16.0 Å². The number of urea groups is 1. The van der Waals surface area contributed by atoms with Gasteiger partial charge in [0, 0.05) is 17.4 Å². The molecular weight excluding hydrogens is 346 g/mol. The summed E-state index contributed by atoms with van der Waals surface area (Å²) in [6, 6.07) is 14.0. The Morgan fingerprint density at radius 2 is 1.67 bits per heavy atom. The van der Waals surface area contributed by atoms with Crippen molar-refractivity contribution in [1.29, 1.82) is 0 Å². The van der Waals surface area contributed by atoms with Crippen molar-refractivity contribution in [1.82, 2.24) is 25.5 Å². The summed E-state index contributed by atoms with van der Waals surface area (Å²) in [5.41, 5.74) is 2.28. The van der Waals surface area contributed by atoms with E-state index in [9.17, 15) is 9.59 Å². The number of para-hydroxylation sites is 1. The van der Waals surface area contributed by atoms with Gasteiger partial charge in [-0.05, 0) is 59.7 Å². The van der Waals surface area contributed by atoms with Gasteiger partial charge in [0.15, 0.2) is 0 Å². The molecule has 0 saturated heterocycles. The number of amides is 3. The highest BCUT2D eigenvalue weighted by Gasteiger charge is 2.23. The first-order valence-corrected chi connectivity index (χ1v) is 8.50. The van der Waals surface area contributed by atoms with E-state index in [0.29, 0.717) is 28.7 Å². The summed E-state index contributed by atoms with van der Waals surface area (Å²) < 4.78 is 1.43. The standard InChI is InChI=1S/C18H17N7O2/c26-17(15-3-1-2-4-16(15)25-11-19-23-24-25)20-12-5-7-13(8-6-12)21-18(27)22-14-9-10-14/h1-8,11,14H,9-10H2,(H,20,26)(H2,21,22,27). The fraction of sp³-hybridized carbons (Fsp3) is 0.167. The Bertz CT molecular complexity index is 950. The summed E-state index contributed by atoms with van der Waals surface area (Å²) in [7, 11) is 0. The molecule has 1 aliphatic carbocycles. The Kier molecular flexibility index (Phi) is 4.48. The summed E-state index contributed by atoms with van der Waals surface area (Å²) in [4.78, 5) is 24.4. The van der Waals surface area contributed by atoms with Crippen molar-refractivity contribution in [2.24, 2.45) is 0 Å². The average molecular weight is 363 g/mol. The van der Waals surface area contributed by atoms with Crippen LogP contribution in [0, 0.1) is 0 Å². The van der Waals surface area contributed by atoms with Crippen LogP contribution in [0.2, 0.25) is 0 Å². The SMILES string of the molecule is O=C(Nc1ccc(NC(=O)c2ccccc2-n2cnnn2)cc1)NC1CC1. The minimum atomic E-state index is -0.284. The largest absolute Gasteiger partial charge is 0.335 e. The maximum absolute atomic E-state index is 12.6. The smallest absolute Gasteiger partial charge is 0.319 e. The average Bonchev–Trinajstić information content (AvgIpc) is 3.32. The third kappa shape index (κ3) is 4.09. The molecule has 3 amide bonds. The predicted octanol–water partition coefficient (Wildman–Crippen LogP) is 2.20.